The van der Waals surface area contributed by atoms with E-state index in [0.717, 1.165) is 0 Å². The molecule has 0 aliphatic rings. The fourth-order valence-corrected chi connectivity index (χ4v) is 1.80. The number of aromatic nitrogens is 2. The van der Waals surface area contributed by atoms with E-state index in [2.05, 4.69) is 9.97 Å². The van der Waals surface area contributed by atoms with E-state index in [9.17, 15) is 9.18 Å². The number of methoxy groups -OCH3 is 1. The Balaban J connectivity index is 2.62. The van der Waals surface area contributed by atoms with Gasteiger partial charge in [0.1, 0.15) is 11.6 Å². The third-order valence-corrected chi connectivity index (χ3v) is 2.73. The Morgan fingerprint density at radius 3 is 2.83 bits per heavy atom. The second kappa shape index (κ2) is 5.00. The predicted molar refractivity (Wildman–Crippen MR) is 66.2 cm³/mol. The Labute approximate surface area is 103 Å². The summed E-state index contributed by atoms with van der Waals surface area (Å²) < 4.78 is 18.9. The molecule has 0 saturated heterocycles. The van der Waals surface area contributed by atoms with Crippen molar-refractivity contribution in [2.45, 2.75) is 13.3 Å². The van der Waals surface area contributed by atoms with Gasteiger partial charge in [0.15, 0.2) is 0 Å². The van der Waals surface area contributed by atoms with Crippen molar-refractivity contribution in [2.24, 2.45) is 0 Å². The van der Waals surface area contributed by atoms with Crippen LogP contribution in [0, 0.1) is 5.82 Å². The Morgan fingerprint density at radius 2 is 2.22 bits per heavy atom. The van der Waals surface area contributed by atoms with E-state index in [0.29, 0.717) is 29.0 Å². The molecule has 0 amide bonds. The zero-order chi connectivity index (χ0) is 13.1. The molecule has 1 aromatic heterocycles. The van der Waals surface area contributed by atoms with Crippen molar-refractivity contribution < 1.29 is 9.13 Å². The quantitative estimate of drug-likeness (QED) is 0.905. The molecular weight excluding hydrogens is 235 g/mol. The molecule has 0 unspecified atom stereocenters. The van der Waals surface area contributed by atoms with Crippen LogP contribution in [0.5, 0.6) is 5.75 Å². The van der Waals surface area contributed by atoms with Crippen LogP contribution < -0.4 is 10.3 Å². The summed E-state index contributed by atoms with van der Waals surface area (Å²) in [6.07, 6.45) is 1.77. The first-order chi connectivity index (χ1) is 8.67. The molecule has 0 radical (unpaired) electrons. The molecule has 0 bridgehead atoms. The van der Waals surface area contributed by atoms with Crippen LogP contribution in [-0.2, 0) is 6.42 Å². The Hall–Kier alpha value is -2.17. The summed E-state index contributed by atoms with van der Waals surface area (Å²) in [7, 11) is 1.47. The Kier molecular flexibility index (Phi) is 3.41. The molecule has 5 heteroatoms. The number of nitrogens with one attached hydrogen (secondary N) is 1. The average molecular weight is 248 g/mol. The normalized spacial score (nSPS) is 10.4. The molecule has 2 rings (SSSR count). The summed E-state index contributed by atoms with van der Waals surface area (Å²) in [5, 5.41) is 0. The van der Waals surface area contributed by atoms with Crippen LogP contribution in [-0.4, -0.2) is 17.1 Å². The molecule has 0 fully saturated rings. The first kappa shape index (κ1) is 12.3. The number of benzene rings is 1. The maximum Gasteiger partial charge on any atom is 0.254 e. The molecule has 18 heavy (non-hydrogen) atoms. The maximum atomic E-state index is 13.9. The zero-order valence-corrected chi connectivity index (χ0v) is 10.2. The predicted octanol–water partition coefficient (Wildman–Crippen LogP) is 2.15. The second-order valence-electron chi connectivity index (χ2n) is 3.76. The first-order valence-corrected chi connectivity index (χ1v) is 5.57. The van der Waals surface area contributed by atoms with E-state index < -0.39 is 5.82 Å². The summed E-state index contributed by atoms with van der Waals surface area (Å²) in [5.41, 5.74) is 0.916. The highest BCUT2D eigenvalue weighted by molar-refractivity contribution is 5.64. The third-order valence-electron chi connectivity index (χ3n) is 2.73. The van der Waals surface area contributed by atoms with Gasteiger partial charge in [-0.25, -0.2) is 9.37 Å². The topological polar surface area (TPSA) is 55.0 Å². The molecule has 2 aromatic rings. The number of nitrogens with zero attached hydrogens (tertiary/aromatic N) is 1. The van der Waals surface area contributed by atoms with Crippen LogP contribution in [0.4, 0.5) is 4.39 Å². The largest absolute Gasteiger partial charge is 0.497 e. The number of ether oxygens (including phenoxy) is 1. The lowest BCUT2D eigenvalue weighted by Gasteiger charge is -2.08. The van der Waals surface area contributed by atoms with E-state index in [1.54, 1.807) is 12.1 Å². The van der Waals surface area contributed by atoms with E-state index >= 15 is 0 Å². The van der Waals surface area contributed by atoms with E-state index in [1.807, 2.05) is 6.92 Å². The van der Waals surface area contributed by atoms with Gasteiger partial charge in [-0.3, -0.25) is 4.79 Å². The molecule has 1 aromatic carbocycles. The summed E-state index contributed by atoms with van der Waals surface area (Å²) in [4.78, 5) is 18.2. The lowest BCUT2D eigenvalue weighted by molar-refractivity contribution is 0.411. The van der Waals surface area contributed by atoms with Crippen LogP contribution in [0.2, 0.25) is 0 Å². The number of hydrogen-bond donors (Lipinski definition) is 1. The van der Waals surface area contributed by atoms with Crippen molar-refractivity contribution in [1.29, 1.82) is 0 Å². The molecule has 0 aliphatic heterocycles. The third kappa shape index (κ3) is 2.11. The molecule has 4 nitrogen and oxygen atoms in total. The van der Waals surface area contributed by atoms with E-state index in [1.165, 1.54) is 19.5 Å². The van der Waals surface area contributed by atoms with Crippen molar-refractivity contribution in [3.8, 4) is 17.0 Å². The van der Waals surface area contributed by atoms with Gasteiger partial charge in [0, 0.05) is 17.2 Å². The number of aromatic amines is 1. The SMILES string of the molecule is CCc1c(-c2ccc(OC)cc2F)nc[nH]c1=O. The highest BCUT2D eigenvalue weighted by Crippen LogP contribution is 2.25. The zero-order valence-electron chi connectivity index (χ0n) is 10.2. The van der Waals surface area contributed by atoms with Gasteiger partial charge in [0.25, 0.3) is 5.56 Å². The summed E-state index contributed by atoms with van der Waals surface area (Å²) >= 11 is 0. The number of hydrogen-bond acceptors (Lipinski definition) is 3. The van der Waals surface area contributed by atoms with Gasteiger partial charge in [0.05, 0.1) is 19.1 Å². The molecular formula is C13H13FN2O2. The van der Waals surface area contributed by atoms with Gasteiger partial charge in [-0.2, -0.15) is 0 Å². The van der Waals surface area contributed by atoms with Crippen LogP contribution in [0.3, 0.4) is 0 Å². The van der Waals surface area contributed by atoms with Gasteiger partial charge < -0.3 is 9.72 Å². The van der Waals surface area contributed by atoms with Crippen molar-refractivity contribution >= 4 is 0 Å². The summed E-state index contributed by atoms with van der Waals surface area (Å²) in [5.74, 6) is -0.0266. The van der Waals surface area contributed by atoms with Gasteiger partial charge >= 0.3 is 0 Å². The van der Waals surface area contributed by atoms with Crippen molar-refractivity contribution in [1.82, 2.24) is 9.97 Å². The molecule has 0 atom stereocenters. The first-order valence-electron chi connectivity index (χ1n) is 5.57. The van der Waals surface area contributed by atoms with Crippen LogP contribution in [0.15, 0.2) is 29.3 Å². The van der Waals surface area contributed by atoms with E-state index in [4.69, 9.17) is 4.74 Å². The highest BCUT2D eigenvalue weighted by Gasteiger charge is 2.13. The van der Waals surface area contributed by atoms with Crippen molar-refractivity contribution in [3.05, 3.63) is 46.3 Å². The van der Waals surface area contributed by atoms with Gasteiger partial charge in [-0.15, -0.1) is 0 Å². The highest BCUT2D eigenvalue weighted by atomic mass is 19.1. The Morgan fingerprint density at radius 1 is 1.44 bits per heavy atom. The van der Waals surface area contributed by atoms with Crippen LogP contribution in [0.25, 0.3) is 11.3 Å². The van der Waals surface area contributed by atoms with Crippen molar-refractivity contribution in [2.75, 3.05) is 7.11 Å². The monoisotopic (exact) mass is 248 g/mol. The Bertz CT molecular complexity index is 623. The summed E-state index contributed by atoms with van der Waals surface area (Å²) in [6.45, 7) is 1.83. The average Bonchev–Trinajstić information content (AvgIpc) is 2.38. The lowest BCUT2D eigenvalue weighted by atomic mass is 10.0. The molecule has 0 aliphatic carbocycles. The number of H-pyrrole nitrogens is 1. The fourth-order valence-electron chi connectivity index (χ4n) is 1.80. The minimum Gasteiger partial charge on any atom is -0.497 e. The number of rotatable bonds is 3. The van der Waals surface area contributed by atoms with Crippen LogP contribution in [0.1, 0.15) is 12.5 Å². The maximum absolute atomic E-state index is 13.9. The van der Waals surface area contributed by atoms with Gasteiger partial charge in [-0.1, -0.05) is 6.92 Å². The minimum absolute atomic E-state index is 0.238. The standard InChI is InChI=1S/C13H13FN2O2/c1-3-9-12(15-7-16-13(9)17)10-5-4-8(18-2)6-11(10)14/h4-7H,3H2,1-2H3,(H,15,16,17). The smallest absolute Gasteiger partial charge is 0.254 e. The molecule has 1 N–H and O–H groups in total. The van der Waals surface area contributed by atoms with Crippen LogP contribution >= 0.6 is 0 Å². The molecule has 0 saturated carbocycles. The lowest BCUT2D eigenvalue weighted by Crippen LogP contribution is -2.14. The molecule has 1 heterocycles. The summed E-state index contributed by atoms with van der Waals surface area (Å²) in [6, 6.07) is 4.48. The van der Waals surface area contributed by atoms with Crippen molar-refractivity contribution in [3.63, 3.8) is 0 Å². The number of halogens is 1. The van der Waals surface area contributed by atoms with Gasteiger partial charge in [0.2, 0.25) is 0 Å². The van der Waals surface area contributed by atoms with E-state index in [-0.39, 0.29) is 5.56 Å². The second-order valence-corrected chi connectivity index (χ2v) is 3.76. The minimum atomic E-state index is -0.456. The molecule has 0 spiro atoms. The fraction of sp³-hybridized carbons (Fsp3) is 0.231. The molecule has 94 valence electrons. The van der Waals surface area contributed by atoms with Gasteiger partial charge in [-0.05, 0) is 18.6 Å².